The number of aromatic nitrogens is 2. The molecular weight excluding hydrogens is 250 g/mol. The highest BCUT2D eigenvalue weighted by Gasteiger charge is 2.33. The summed E-state index contributed by atoms with van der Waals surface area (Å²) in [4.78, 5) is 25.1. The van der Waals surface area contributed by atoms with Crippen molar-refractivity contribution in [2.24, 2.45) is 0 Å². The van der Waals surface area contributed by atoms with Crippen molar-refractivity contribution in [2.45, 2.75) is 31.8 Å². The van der Waals surface area contributed by atoms with Crippen molar-refractivity contribution >= 4 is 0 Å². The van der Waals surface area contributed by atoms with Gasteiger partial charge in [0.1, 0.15) is 12.3 Å². The number of aryl methyl sites for hydroxylation is 1. The number of hydrogen-bond acceptors (Lipinski definition) is 5. The number of allylic oxidation sites excluding steroid dienone is 1. The maximum absolute atomic E-state index is 11.7. The Labute approximate surface area is 108 Å². The molecule has 0 aliphatic carbocycles. The first-order valence-electron chi connectivity index (χ1n) is 5.75. The van der Waals surface area contributed by atoms with Gasteiger partial charge >= 0.3 is 5.69 Å². The lowest BCUT2D eigenvalue weighted by atomic mass is 10.1. The normalized spacial score (nSPS) is 26.7. The van der Waals surface area contributed by atoms with Crippen LogP contribution in [0.3, 0.4) is 0 Å². The van der Waals surface area contributed by atoms with Crippen molar-refractivity contribution in [1.29, 1.82) is 5.26 Å². The second-order valence-electron chi connectivity index (χ2n) is 4.33. The first-order chi connectivity index (χ1) is 9.02. The molecule has 0 unspecified atom stereocenters. The topological polar surface area (TPSA) is 108 Å². The number of nitrogens with one attached hydrogen (secondary N) is 1. The van der Waals surface area contributed by atoms with Crippen LogP contribution in [0, 0.1) is 18.3 Å². The maximum atomic E-state index is 11.7. The Morgan fingerprint density at radius 1 is 1.63 bits per heavy atom. The van der Waals surface area contributed by atoms with Gasteiger partial charge in [0.25, 0.3) is 5.56 Å². The van der Waals surface area contributed by atoms with Crippen LogP contribution in [-0.4, -0.2) is 26.9 Å². The van der Waals surface area contributed by atoms with Crippen molar-refractivity contribution in [3.8, 4) is 6.07 Å². The lowest BCUT2D eigenvalue weighted by Crippen LogP contribution is -2.33. The van der Waals surface area contributed by atoms with Gasteiger partial charge in [0.05, 0.1) is 12.2 Å². The molecule has 19 heavy (non-hydrogen) atoms. The first kappa shape index (κ1) is 13.3. The van der Waals surface area contributed by atoms with Crippen LogP contribution in [0.1, 0.15) is 18.2 Å². The second-order valence-corrected chi connectivity index (χ2v) is 4.33. The molecule has 0 bridgehead atoms. The molecule has 3 atom stereocenters. The number of aromatic amines is 1. The largest absolute Gasteiger partial charge is 0.390 e. The molecule has 1 saturated heterocycles. The molecule has 0 amide bonds. The quantitative estimate of drug-likeness (QED) is 0.704. The van der Waals surface area contributed by atoms with Crippen LogP contribution in [0.4, 0.5) is 0 Å². The minimum atomic E-state index is -0.797. The van der Waals surface area contributed by atoms with E-state index in [9.17, 15) is 14.7 Å². The molecule has 100 valence electrons. The Morgan fingerprint density at radius 3 is 3.05 bits per heavy atom. The van der Waals surface area contributed by atoms with Crippen molar-refractivity contribution in [3.05, 3.63) is 44.8 Å². The van der Waals surface area contributed by atoms with Gasteiger partial charge in [-0.15, -0.1) is 0 Å². The summed E-state index contributed by atoms with van der Waals surface area (Å²) in [6.45, 7) is 1.58. The Kier molecular flexibility index (Phi) is 3.64. The molecule has 0 spiro atoms. The molecule has 0 saturated carbocycles. The van der Waals surface area contributed by atoms with Gasteiger partial charge in [0.2, 0.25) is 0 Å². The van der Waals surface area contributed by atoms with E-state index in [0.717, 1.165) is 0 Å². The average Bonchev–Trinajstić information content (AvgIpc) is 2.72. The smallest absolute Gasteiger partial charge is 0.330 e. The summed E-state index contributed by atoms with van der Waals surface area (Å²) >= 11 is 0. The number of nitriles is 1. The zero-order chi connectivity index (χ0) is 14.0. The van der Waals surface area contributed by atoms with Crippen LogP contribution in [-0.2, 0) is 4.74 Å². The number of ether oxygens (including phenoxy) is 1. The fourth-order valence-corrected chi connectivity index (χ4v) is 1.96. The summed E-state index contributed by atoms with van der Waals surface area (Å²) in [5.74, 6) is 0. The fraction of sp³-hybridized carbons (Fsp3) is 0.417. The number of rotatable bonds is 2. The summed E-state index contributed by atoms with van der Waals surface area (Å²) in [6, 6.07) is 1.81. The number of aliphatic hydroxyl groups is 1. The standard InChI is InChI=1S/C12H13N3O4/c1-7-6-15(12(18)14-11(7)17)10-5-8(16)9(19-10)3-2-4-13/h2-3,6,8-10,16H,5H2,1H3,(H,14,17,18)/t8-,9+,10+/m0/s1. The van der Waals surface area contributed by atoms with Crippen LogP contribution in [0.25, 0.3) is 0 Å². The molecule has 1 aromatic rings. The highest BCUT2D eigenvalue weighted by Crippen LogP contribution is 2.28. The zero-order valence-corrected chi connectivity index (χ0v) is 10.2. The number of H-pyrrole nitrogens is 1. The van der Waals surface area contributed by atoms with E-state index in [-0.39, 0.29) is 6.42 Å². The van der Waals surface area contributed by atoms with Crippen LogP contribution in [0.2, 0.25) is 0 Å². The zero-order valence-electron chi connectivity index (χ0n) is 10.2. The predicted octanol–water partition coefficient (Wildman–Crippen LogP) is -0.427. The Bertz CT molecular complexity index is 652. The summed E-state index contributed by atoms with van der Waals surface area (Å²) in [5, 5.41) is 18.2. The second kappa shape index (κ2) is 5.22. The molecule has 7 heteroatoms. The van der Waals surface area contributed by atoms with Gasteiger partial charge in [0.15, 0.2) is 0 Å². The van der Waals surface area contributed by atoms with Crippen LogP contribution >= 0.6 is 0 Å². The van der Waals surface area contributed by atoms with Crippen molar-refractivity contribution < 1.29 is 9.84 Å². The number of nitrogens with zero attached hydrogens (tertiary/aromatic N) is 2. The summed E-state index contributed by atoms with van der Waals surface area (Å²) in [6.07, 6.45) is 2.18. The van der Waals surface area contributed by atoms with Crippen LogP contribution in [0.5, 0.6) is 0 Å². The minimum Gasteiger partial charge on any atom is -0.390 e. The van der Waals surface area contributed by atoms with Crippen LogP contribution < -0.4 is 11.2 Å². The monoisotopic (exact) mass is 263 g/mol. The first-order valence-corrected chi connectivity index (χ1v) is 5.75. The van der Waals surface area contributed by atoms with Gasteiger partial charge in [-0.25, -0.2) is 4.79 Å². The molecule has 1 aliphatic heterocycles. The van der Waals surface area contributed by atoms with E-state index in [4.69, 9.17) is 10.00 Å². The Hall–Kier alpha value is -2.17. The molecule has 2 rings (SSSR count). The van der Waals surface area contributed by atoms with Gasteiger partial charge in [0, 0.05) is 24.3 Å². The van der Waals surface area contributed by atoms with Gasteiger partial charge < -0.3 is 9.84 Å². The number of aliphatic hydroxyl groups excluding tert-OH is 1. The minimum absolute atomic E-state index is 0.214. The van der Waals surface area contributed by atoms with Crippen molar-refractivity contribution in [2.75, 3.05) is 0 Å². The Balaban J connectivity index is 2.28. The maximum Gasteiger partial charge on any atom is 0.330 e. The van der Waals surface area contributed by atoms with Gasteiger partial charge in [-0.1, -0.05) is 0 Å². The Morgan fingerprint density at radius 2 is 2.37 bits per heavy atom. The van der Waals surface area contributed by atoms with E-state index >= 15 is 0 Å². The van der Waals surface area contributed by atoms with Gasteiger partial charge in [-0.2, -0.15) is 5.26 Å². The predicted molar refractivity (Wildman–Crippen MR) is 65.3 cm³/mol. The lowest BCUT2D eigenvalue weighted by Gasteiger charge is -2.14. The third-order valence-corrected chi connectivity index (χ3v) is 2.95. The van der Waals surface area contributed by atoms with E-state index < -0.39 is 29.7 Å². The molecular formula is C12H13N3O4. The third-order valence-electron chi connectivity index (χ3n) is 2.95. The molecule has 7 nitrogen and oxygen atoms in total. The highest BCUT2D eigenvalue weighted by atomic mass is 16.5. The molecule has 0 aromatic carbocycles. The third kappa shape index (κ3) is 2.65. The summed E-state index contributed by atoms with van der Waals surface area (Å²) < 4.78 is 6.73. The highest BCUT2D eigenvalue weighted by molar-refractivity contribution is 5.08. The van der Waals surface area contributed by atoms with E-state index in [0.29, 0.717) is 5.56 Å². The fourth-order valence-electron chi connectivity index (χ4n) is 1.96. The molecule has 0 radical (unpaired) electrons. The van der Waals surface area contributed by atoms with Gasteiger partial charge in [-0.05, 0) is 13.0 Å². The molecule has 2 heterocycles. The van der Waals surface area contributed by atoms with E-state index in [1.165, 1.54) is 22.9 Å². The van der Waals surface area contributed by atoms with E-state index in [1.807, 2.05) is 6.07 Å². The van der Waals surface area contributed by atoms with Crippen LogP contribution in [0.15, 0.2) is 27.9 Å². The average molecular weight is 263 g/mol. The molecule has 1 aliphatic rings. The van der Waals surface area contributed by atoms with Gasteiger partial charge in [-0.3, -0.25) is 14.3 Å². The molecule has 2 N–H and O–H groups in total. The van der Waals surface area contributed by atoms with E-state index in [1.54, 1.807) is 6.92 Å². The molecule has 1 aromatic heterocycles. The summed E-state index contributed by atoms with van der Waals surface area (Å²) in [5.41, 5.74) is -0.646. The number of hydrogen-bond donors (Lipinski definition) is 2. The van der Waals surface area contributed by atoms with Crippen molar-refractivity contribution in [1.82, 2.24) is 9.55 Å². The summed E-state index contributed by atoms with van der Waals surface area (Å²) in [7, 11) is 0. The molecule has 1 fully saturated rings. The SMILES string of the molecule is Cc1cn([C@H]2C[C@H](O)[C@@H](C=CC#N)O2)c(=O)[nH]c1=O. The van der Waals surface area contributed by atoms with E-state index in [2.05, 4.69) is 4.98 Å². The lowest BCUT2D eigenvalue weighted by molar-refractivity contribution is 0.00476. The van der Waals surface area contributed by atoms with Crippen molar-refractivity contribution in [3.63, 3.8) is 0 Å².